The van der Waals surface area contributed by atoms with Crippen LogP contribution in [0, 0.1) is 17.4 Å². The van der Waals surface area contributed by atoms with Gasteiger partial charge in [0.1, 0.15) is 6.04 Å². The fraction of sp³-hybridized carbons (Fsp3) is 0.500. The Kier molecular flexibility index (Phi) is 2.94. The van der Waals surface area contributed by atoms with Crippen molar-refractivity contribution in [2.45, 2.75) is 26.8 Å². The summed E-state index contributed by atoms with van der Waals surface area (Å²) in [6.07, 6.45) is 0. The van der Waals surface area contributed by atoms with Crippen LogP contribution in [0.4, 0.5) is 0 Å². The maximum atomic E-state index is 10.7. The van der Waals surface area contributed by atoms with Crippen molar-refractivity contribution in [3.8, 4) is 0 Å². The molecule has 0 saturated heterocycles. The lowest BCUT2D eigenvalue weighted by molar-refractivity contribution is -0.140. The zero-order chi connectivity index (χ0) is 10.2. The topological polar surface area (TPSA) is 55.1 Å². The molecule has 4 nitrogen and oxygen atoms in total. The van der Waals surface area contributed by atoms with Gasteiger partial charge in [-0.2, -0.15) is 5.10 Å². The minimum absolute atomic E-state index is 0.595. The van der Waals surface area contributed by atoms with Gasteiger partial charge in [0.2, 0.25) is 0 Å². The average molecular weight is 294 g/mol. The number of carboxylic acid groups (broad SMARTS) is 1. The van der Waals surface area contributed by atoms with E-state index >= 15 is 0 Å². The molecule has 0 saturated carbocycles. The van der Waals surface area contributed by atoms with E-state index in [-0.39, 0.29) is 0 Å². The normalized spacial score (nSPS) is 12.9. The summed E-state index contributed by atoms with van der Waals surface area (Å²) in [5, 5.41) is 13.0. The van der Waals surface area contributed by atoms with Crippen LogP contribution in [-0.4, -0.2) is 20.9 Å². The molecule has 5 heteroatoms. The van der Waals surface area contributed by atoms with Crippen LogP contribution in [0.2, 0.25) is 0 Å². The van der Waals surface area contributed by atoms with Crippen molar-refractivity contribution < 1.29 is 9.90 Å². The molecule has 0 fully saturated rings. The molecule has 0 spiro atoms. The lowest BCUT2D eigenvalue weighted by Crippen LogP contribution is -2.18. The molecule has 0 aliphatic heterocycles. The average Bonchev–Trinajstić information content (AvgIpc) is 2.31. The van der Waals surface area contributed by atoms with Crippen LogP contribution in [0.5, 0.6) is 0 Å². The number of halogens is 1. The van der Waals surface area contributed by atoms with Gasteiger partial charge in [0.25, 0.3) is 0 Å². The van der Waals surface area contributed by atoms with Gasteiger partial charge in [-0.15, -0.1) is 0 Å². The Bertz CT molecular complexity index is 346. The minimum atomic E-state index is -0.859. The van der Waals surface area contributed by atoms with E-state index in [1.807, 2.05) is 13.8 Å². The van der Waals surface area contributed by atoms with Gasteiger partial charge in [-0.1, -0.05) is 0 Å². The summed E-state index contributed by atoms with van der Waals surface area (Å²) in [5.74, 6) is -0.859. The number of aliphatic carboxylic acids is 1. The highest BCUT2D eigenvalue weighted by Gasteiger charge is 2.18. The van der Waals surface area contributed by atoms with Crippen LogP contribution < -0.4 is 0 Å². The molecule has 13 heavy (non-hydrogen) atoms. The quantitative estimate of drug-likeness (QED) is 0.845. The van der Waals surface area contributed by atoms with Gasteiger partial charge in [0.05, 0.1) is 9.26 Å². The summed E-state index contributed by atoms with van der Waals surface area (Å²) in [7, 11) is 0. The molecule has 1 rings (SSSR count). The summed E-state index contributed by atoms with van der Waals surface area (Å²) in [5.41, 5.74) is 1.79. The Balaban J connectivity index is 3.15. The van der Waals surface area contributed by atoms with E-state index in [9.17, 15) is 4.79 Å². The van der Waals surface area contributed by atoms with Gasteiger partial charge in [0.15, 0.2) is 0 Å². The summed E-state index contributed by atoms with van der Waals surface area (Å²) in [4.78, 5) is 10.7. The Hall–Kier alpha value is -0.590. The van der Waals surface area contributed by atoms with Crippen LogP contribution in [-0.2, 0) is 4.79 Å². The summed E-state index contributed by atoms with van der Waals surface area (Å²) in [6, 6.07) is -0.595. The Morgan fingerprint density at radius 1 is 1.62 bits per heavy atom. The van der Waals surface area contributed by atoms with E-state index in [0.717, 1.165) is 15.0 Å². The second-order valence-electron chi connectivity index (χ2n) is 2.94. The maximum absolute atomic E-state index is 10.7. The lowest BCUT2D eigenvalue weighted by atomic mass is 10.3. The molecule has 1 heterocycles. The largest absolute Gasteiger partial charge is 0.480 e. The van der Waals surface area contributed by atoms with Crippen molar-refractivity contribution in [3.05, 3.63) is 15.0 Å². The minimum Gasteiger partial charge on any atom is -0.480 e. The van der Waals surface area contributed by atoms with Crippen LogP contribution in [0.15, 0.2) is 0 Å². The van der Waals surface area contributed by atoms with Crippen LogP contribution in [0.25, 0.3) is 0 Å². The lowest BCUT2D eigenvalue weighted by Gasteiger charge is -2.08. The number of carbonyl (C=O) groups is 1. The van der Waals surface area contributed by atoms with E-state index in [4.69, 9.17) is 5.11 Å². The first-order valence-electron chi connectivity index (χ1n) is 3.89. The van der Waals surface area contributed by atoms with Gasteiger partial charge in [0, 0.05) is 5.69 Å². The molecule has 72 valence electrons. The monoisotopic (exact) mass is 294 g/mol. The Morgan fingerprint density at radius 2 is 2.15 bits per heavy atom. The molecular formula is C8H11IN2O2. The van der Waals surface area contributed by atoms with Gasteiger partial charge >= 0.3 is 5.97 Å². The molecule has 1 N–H and O–H groups in total. The Morgan fingerprint density at radius 3 is 2.46 bits per heavy atom. The number of hydrogen-bond donors (Lipinski definition) is 1. The molecule has 0 unspecified atom stereocenters. The third-order valence-electron chi connectivity index (χ3n) is 1.96. The zero-order valence-corrected chi connectivity index (χ0v) is 9.86. The predicted molar refractivity (Wildman–Crippen MR) is 56.8 cm³/mol. The van der Waals surface area contributed by atoms with Crippen LogP contribution in [0.1, 0.15) is 24.4 Å². The predicted octanol–water partition coefficient (Wildman–Crippen LogP) is 1.75. The van der Waals surface area contributed by atoms with Crippen molar-refractivity contribution in [1.82, 2.24) is 9.78 Å². The van der Waals surface area contributed by atoms with E-state index in [1.54, 1.807) is 11.6 Å². The van der Waals surface area contributed by atoms with Crippen molar-refractivity contribution in [1.29, 1.82) is 0 Å². The molecule has 0 radical (unpaired) electrons. The van der Waals surface area contributed by atoms with Crippen molar-refractivity contribution >= 4 is 28.6 Å². The number of aromatic nitrogens is 2. The first-order valence-corrected chi connectivity index (χ1v) is 4.97. The number of hydrogen-bond acceptors (Lipinski definition) is 2. The molecule has 0 aromatic carbocycles. The smallest absolute Gasteiger partial charge is 0.328 e. The zero-order valence-electron chi connectivity index (χ0n) is 7.71. The van der Waals surface area contributed by atoms with Gasteiger partial charge in [-0.05, 0) is 43.4 Å². The highest BCUT2D eigenvalue weighted by molar-refractivity contribution is 14.1. The van der Waals surface area contributed by atoms with Crippen LogP contribution in [0.3, 0.4) is 0 Å². The second-order valence-corrected chi connectivity index (χ2v) is 4.02. The fourth-order valence-electron chi connectivity index (χ4n) is 1.12. The van der Waals surface area contributed by atoms with E-state index < -0.39 is 12.0 Å². The van der Waals surface area contributed by atoms with E-state index in [1.165, 1.54) is 0 Å². The summed E-state index contributed by atoms with van der Waals surface area (Å²) >= 11 is 2.17. The first-order chi connectivity index (χ1) is 5.95. The summed E-state index contributed by atoms with van der Waals surface area (Å²) in [6.45, 7) is 5.37. The molecular weight excluding hydrogens is 283 g/mol. The van der Waals surface area contributed by atoms with Gasteiger partial charge in [-0.25, -0.2) is 4.79 Å². The SMILES string of the molecule is Cc1nn([C@@H](C)C(=O)O)c(C)c1I. The third-order valence-corrected chi connectivity index (χ3v) is 3.52. The number of nitrogens with zero attached hydrogens (tertiary/aromatic N) is 2. The standard InChI is InChI=1S/C8H11IN2O2/c1-4-7(9)5(2)11(10-4)6(3)8(12)13/h6H,1-3H3,(H,12,13)/t6-/m0/s1. The van der Waals surface area contributed by atoms with Gasteiger partial charge < -0.3 is 5.11 Å². The number of carboxylic acids is 1. The fourth-order valence-corrected chi connectivity index (χ4v) is 1.48. The molecule has 1 atom stereocenters. The second kappa shape index (κ2) is 3.65. The number of rotatable bonds is 2. The Labute approximate surface area is 90.1 Å². The maximum Gasteiger partial charge on any atom is 0.328 e. The third kappa shape index (κ3) is 1.84. The van der Waals surface area contributed by atoms with Crippen molar-refractivity contribution in [2.75, 3.05) is 0 Å². The summed E-state index contributed by atoms with van der Waals surface area (Å²) < 4.78 is 2.57. The molecule has 0 bridgehead atoms. The highest BCUT2D eigenvalue weighted by atomic mass is 127. The molecule has 1 aromatic rings. The highest BCUT2D eigenvalue weighted by Crippen LogP contribution is 2.18. The van der Waals surface area contributed by atoms with E-state index in [2.05, 4.69) is 27.7 Å². The molecule has 0 aliphatic carbocycles. The van der Waals surface area contributed by atoms with Crippen molar-refractivity contribution in [3.63, 3.8) is 0 Å². The van der Waals surface area contributed by atoms with Crippen molar-refractivity contribution in [2.24, 2.45) is 0 Å². The molecule has 1 aromatic heterocycles. The first kappa shape index (κ1) is 10.5. The molecule has 0 aliphatic rings. The van der Waals surface area contributed by atoms with E-state index in [0.29, 0.717) is 0 Å². The van der Waals surface area contributed by atoms with Crippen LogP contribution >= 0.6 is 22.6 Å². The molecule has 0 amide bonds. The number of aryl methyl sites for hydroxylation is 1. The van der Waals surface area contributed by atoms with Gasteiger partial charge in [-0.3, -0.25) is 4.68 Å².